The van der Waals surface area contributed by atoms with Crippen molar-refractivity contribution in [1.29, 1.82) is 0 Å². The molecule has 2 N–H and O–H groups in total. The summed E-state index contributed by atoms with van der Waals surface area (Å²) in [5.74, 6) is -0.669. The fraction of sp³-hybridized carbons (Fsp3) is 0.381. The van der Waals surface area contributed by atoms with E-state index in [1.807, 2.05) is 0 Å². The molecular weight excluding hydrogens is 447 g/mol. The van der Waals surface area contributed by atoms with Gasteiger partial charge in [0.05, 0.1) is 16.1 Å². The normalized spacial score (nSPS) is 17.2. The summed E-state index contributed by atoms with van der Waals surface area (Å²) in [6, 6.07) is 5.39. The molecule has 0 radical (unpaired) electrons. The van der Waals surface area contributed by atoms with Crippen molar-refractivity contribution in [1.82, 2.24) is 19.9 Å². The van der Waals surface area contributed by atoms with E-state index in [4.69, 9.17) is 11.6 Å². The van der Waals surface area contributed by atoms with Gasteiger partial charge in [-0.2, -0.15) is 0 Å². The first-order valence-corrected chi connectivity index (χ1v) is 10.5. The van der Waals surface area contributed by atoms with Crippen LogP contribution in [0.15, 0.2) is 30.5 Å². The largest absolute Gasteiger partial charge is 0.573 e. The zero-order chi connectivity index (χ0) is 22.9. The highest BCUT2D eigenvalue weighted by atomic mass is 35.5. The maximum atomic E-state index is 12.9. The Labute approximate surface area is 186 Å². The number of benzene rings is 1. The number of carbonyl (C=O) groups excluding carboxylic acids is 1. The SMILES string of the molecule is Cc1cc(C(=O)Nc2nc3cc(OC(F)(F)F)cc(Cl)c3n2[C@@H]2CCCCNC2)ccn1. The Morgan fingerprint density at radius 2 is 2.12 bits per heavy atom. The number of imidazole rings is 1. The van der Waals surface area contributed by atoms with Gasteiger partial charge in [-0.15, -0.1) is 13.2 Å². The quantitative estimate of drug-likeness (QED) is 0.573. The highest BCUT2D eigenvalue weighted by Gasteiger charge is 2.32. The van der Waals surface area contributed by atoms with Gasteiger partial charge in [-0.3, -0.25) is 15.1 Å². The Balaban J connectivity index is 1.79. The highest BCUT2D eigenvalue weighted by molar-refractivity contribution is 6.35. The number of hydrogen-bond acceptors (Lipinski definition) is 5. The zero-order valence-electron chi connectivity index (χ0n) is 17.2. The molecule has 1 aliphatic heterocycles. The van der Waals surface area contributed by atoms with E-state index in [2.05, 4.69) is 25.3 Å². The first-order chi connectivity index (χ1) is 15.2. The molecule has 0 saturated carbocycles. The second-order valence-electron chi connectivity index (χ2n) is 7.62. The van der Waals surface area contributed by atoms with Crippen LogP contribution in [0.2, 0.25) is 5.02 Å². The Hall–Kier alpha value is -2.85. The molecule has 1 aliphatic rings. The zero-order valence-corrected chi connectivity index (χ0v) is 17.9. The average molecular weight is 468 g/mol. The summed E-state index contributed by atoms with van der Waals surface area (Å²) in [4.78, 5) is 21.4. The van der Waals surface area contributed by atoms with Crippen molar-refractivity contribution in [3.8, 4) is 5.75 Å². The van der Waals surface area contributed by atoms with Crippen molar-refractivity contribution < 1.29 is 22.7 Å². The number of amides is 1. The number of rotatable bonds is 4. The molecule has 4 rings (SSSR count). The molecule has 1 amide bonds. The first kappa shape index (κ1) is 22.3. The van der Waals surface area contributed by atoms with Crippen molar-refractivity contribution >= 4 is 34.5 Å². The number of hydrogen-bond donors (Lipinski definition) is 2. The van der Waals surface area contributed by atoms with Gasteiger partial charge < -0.3 is 14.6 Å². The van der Waals surface area contributed by atoms with Crippen molar-refractivity contribution in [2.75, 3.05) is 18.4 Å². The fourth-order valence-electron chi connectivity index (χ4n) is 3.88. The van der Waals surface area contributed by atoms with Crippen LogP contribution in [0.5, 0.6) is 5.75 Å². The topological polar surface area (TPSA) is 81.1 Å². The number of anilines is 1. The average Bonchev–Trinajstić information content (AvgIpc) is 2.87. The molecule has 7 nitrogen and oxygen atoms in total. The predicted octanol–water partition coefficient (Wildman–Crippen LogP) is 4.86. The van der Waals surface area contributed by atoms with Crippen molar-refractivity contribution in [2.24, 2.45) is 0 Å². The summed E-state index contributed by atoms with van der Waals surface area (Å²) in [6.07, 6.45) is -0.590. The number of alkyl halides is 3. The Kier molecular flexibility index (Phi) is 6.25. The number of nitrogens with zero attached hydrogens (tertiary/aromatic N) is 3. The lowest BCUT2D eigenvalue weighted by Gasteiger charge is -2.21. The number of aryl methyl sites for hydroxylation is 1. The third kappa shape index (κ3) is 4.97. The van der Waals surface area contributed by atoms with Gasteiger partial charge in [-0.05, 0) is 38.4 Å². The molecule has 1 saturated heterocycles. The number of ether oxygens (including phenoxy) is 1. The monoisotopic (exact) mass is 467 g/mol. The molecule has 1 fully saturated rings. The van der Waals surface area contributed by atoms with E-state index in [-0.39, 0.29) is 22.5 Å². The van der Waals surface area contributed by atoms with E-state index in [1.165, 1.54) is 12.3 Å². The second kappa shape index (κ2) is 8.95. The highest BCUT2D eigenvalue weighted by Crippen LogP contribution is 2.37. The van der Waals surface area contributed by atoms with Crippen LogP contribution < -0.4 is 15.4 Å². The molecule has 1 atom stereocenters. The molecule has 3 aromatic rings. The Morgan fingerprint density at radius 3 is 2.88 bits per heavy atom. The fourth-order valence-corrected chi connectivity index (χ4v) is 4.17. The summed E-state index contributed by atoms with van der Waals surface area (Å²) < 4.78 is 44.0. The van der Waals surface area contributed by atoms with Gasteiger partial charge in [0.15, 0.2) is 0 Å². The van der Waals surface area contributed by atoms with E-state index in [1.54, 1.807) is 23.6 Å². The van der Waals surface area contributed by atoms with Crippen LogP contribution in [0.4, 0.5) is 19.1 Å². The van der Waals surface area contributed by atoms with Crippen LogP contribution in [0.3, 0.4) is 0 Å². The summed E-state index contributed by atoms with van der Waals surface area (Å²) in [5, 5.41) is 6.19. The molecular formula is C21H21ClF3N5O2. The van der Waals surface area contributed by atoms with Gasteiger partial charge in [-0.1, -0.05) is 18.0 Å². The van der Waals surface area contributed by atoms with Gasteiger partial charge in [0.25, 0.3) is 5.91 Å². The van der Waals surface area contributed by atoms with Crippen LogP contribution in [-0.2, 0) is 0 Å². The number of carbonyl (C=O) groups is 1. The summed E-state index contributed by atoms with van der Waals surface area (Å²) in [6.45, 7) is 3.24. The van der Waals surface area contributed by atoms with E-state index in [0.717, 1.165) is 31.9 Å². The lowest BCUT2D eigenvalue weighted by Crippen LogP contribution is -2.25. The molecule has 32 heavy (non-hydrogen) atoms. The third-order valence-electron chi connectivity index (χ3n) is 5.22. The van der Waals surface area contributed by atoms with Gasteiger partial charge in [0.1, 0.15) is 5.75 Å². The molecule has 0 bridgehead atoms. The molecule has 1 aromatic carbocycles. The number of fused-ring (bicyclic) bond motifs is 1. The molecule has 170 valence electrons. The van der Waals surface area contributed by atoms with Crippen LogP contribution in [0, 0.1) is 6.92 Å². The molecule has 3 heterocycles. The van der Waals surface area contributed by atoms with E-state index < -0.39 is 18.0 Å². The summed E-state index contributed by atoms with van der Waals surface area (Å²) in [5.41, 5.74) is 1.71. The molecule has 0 unspecified atom stereocenters. The Bertz CT molecular complexity index is 1140. The van der Waals surface area contributed by atoms with Gasteiger partial charge in [-0.25, -0.2) is 4.98 Å². The third-order valence-corrected chi connectivity index (χ3v) is 5.50. The van der Waals surface area contributed by atoms with E-state index in [9.17, 15) is 18.0 Å². The summed E-state index contributed by atoms with van der Waals surface area (Å²) >= 11 is 6.39. The van der Waals surface area contributed by atoms with Crippen LogP contribution in [0.25, 0.3) is 11.0 Å². The number of pyridine rings is 1. The van der Waals surface area contributed by atoms with Gasteiger partial charge >= 0.3 is 6.36 Å². The summed E-state index contributed by atoms with van der Waals surface area (Å²) in [7, 11) is 0. The minimum atomic E-state index is -4.86. The first-order valence-electron chi connectivity index (χ1n) is 10.1. The minimum Gasteiger partial charge on any atom is -0.406 e. The Morgan fingerprint density at radius 1 is 1.31 bits per heavy atom. The lowest BCUT2D eigenvalue weighted by atomic mass is 10.1. The molecule has 2 aromatic heterocycles. The van der Waals surface area contributed by atoms with Crippen LogP contribution >= 0.6 is 11.6 Å². The predicted molar refractivity (Wildman–Crippen MR) is 114 cm³/mol. The number of nitrogens with one attached hydrogen (secondary N) is 2. The number of halogens is 4. The van der Waals surface area contributed by atoms with Crippen molar-refractivity contribution in [2.45, 2.75) is 38.6 Å². The minimum absolute atomic E-state index is 0.0544. The van der Waals surface area contributed by atoms with Gasteiger partial charge in [0.2, 0.25) is 5.95 Å². The van der Waals surface area contributed by atoms with Crippen LogP contribution in [-0.4, -0.2) is 39.9 Å². The molecule has 11 heteroatoms. The lowest BCUT2D eigenvalue weighted by molar-refractivity contribution is -0.274. The van der Waals surface area contributed by atoms with Crippen molar-refractivity contribution in [3.05, 3.63) is 46.7 Å². The van der Waals surface area contributed by atoms with Gasteiger partial charge in [0, 0.05) is 42.2 Å². The standard InChI is InChI=1S/C21H21ClF3N5O2/c1-12-8-13(5-7-27-12)19(31)29-20-28-17-10-15(32-21(23,24)25)9-16(22)18(17)30(20)14-4-2-3-6-26-11-14/h5,7-10,14,26H,2-4,6,11H2,1H3,(H,28,29,31)/t14-/m1/s1. The van der Waals surface area contributed by atoms with Crippen molar-refractivity contribution in [3.63, 3.8) is 0 Å². The maximum Gasteiger partial charge on any atom is 0.573 e. The maximum absolute atomic E-state index is 12.9. The van der Waals surface area contributed by atoms with E-state index >= 15 is 0 Å². The second-order valence-corrected chi connectivity index (χ2v) is 8.03. The molecule has 0 spiro atoms. The number of aromatic nitrogens is 3. The van der Waals surface area contributed by atoms with Crippen LogP contribution in [0.1, 0.15) is 41.4 Å². The smallest absolute Gasteiger partial charge is 0.406 e. The molecule has 0 aliphatic carbocycles. The van der Waals surface area contributed by atoms with E-state index in [0.29, 0.717) is 23.3 Å².